The zero-order valence-electron chi connectivity index (χ0n) is 18.7. The summed E-state index contributed by atoms with van der Waals surface area (Å²) in [5.74, 6) is -1.67. The number of anilines is 2. The Morgan fingerprint density at radius 3 is 2.72 bits per heavy atom. The molecule has 2 amide bonds. The lowest BCUT2D eigenvalue weighted by Crippen LogP contribution is -2.44. The molecule has 1 atom stereocenters. The van der Waals surface area contributed by atoms with Crippen LogP contribution in [0.1, 0.15) is 39.7 Å². The van der Waals surface area contributed by atoms with Crippen molar-refractivity contribution in [1.82, 2.24) is 10.3 Å². The Balaban J connectivity index is 1.68. The number of alkyl halides is 2. The number of halogens is 2. The number of carbonyl (C=O) groups is 1. The van der Waals surface area contributed by atoms with Crippen molar-refractivity contribution in [3.05, 3.63) is 53.2 Å². The Hall–Kier alpha value is -3.29. The molecule has 1 aromatic heterocycles. The van der Waals surface area contributed by atoms with Crippen LogP contribution < -0.4 is 15.5 Å². The summed E-state index contributed by atoms with van der Waals surface area (Å²) in [4.78, 5) is 24.0. The van der Waals surface area contributed by atoms with Gasteiger partial charge in [0.05, 0.1) is 11.4 Å². The van der Waals surface area contributed by atoms with Crippen molar-refractivity contribution >= 4 is 23.4 Å². The first-order chi connectivity index (χ1) is 15.1. The highest BCUT2D eigenvalue weighted by atomic mass is 19.3. The van der Waals surface area contributed by atoms with Crippen LogP contribution in [-0.2, 0) is 5.92 Å². The number of fused-ring (bicyclic) bond motifs is 1. The van der Waals surface area contributed by atoms with Gasteiger partial charge in [-0.1, -0.05) is 25.1 Å². The predicted octanol–water partition coefficient (Wildman–Crippen LogP) is 5.53. The fourth-order valence-corrected chi connectivity index (χ4v) is 3.81. The van der Waals surface area contributed by atoms with E-state index in [4.69, 9.17) is 4.98 Å². The maximum Gasteiger partial charge on any atom is 0.328 e. The standard InChI is InChI=1S/C24H27F2N5O/c1-14-12-27-20-9-8-19(17-6-5-7-18(11-17)24(4,25)26)29-22(20)31(13-14)23(32)30-21-10-15(2)16(3)28-21/h5-9,11,14,27H,10,12-13H2,1-4H3,(H,28,30,32)/t14-/m1/s1. The molecule has 0 saturated carbocycles. The number of urea groups is 1. The number of aromatic nitrogens is 1. The van der Waals surface area contributed by atoms with Crippen LogP contribution in [0.15, 0.2) is 52.7 Å². The molecule has 2 aliphatic rings. The average Bonchev–Trinajstić information content (AvgIpc) is 2.96. The molecule has 4 rings (SSSR count). The van der Waals surface area contributed by atoms with E-state index < -0.39 is 5.92 Å². The monoisotopic (exact) mass is 439 g/mol. The number of aliphatic imine (C=N–C) groups is 1. The molecule has 0 spiro atoms. The van der Waals surface area contributed by atoms with E-state index in [1.165, 1.54) is 12.1 Å². The van der Waals surface area contributed by atoms with Crippen molar-refractivity contribution in [1.29, 1.82) is 0 Å². The fourth-order valence-electron chi connectivity index (χ4n) is 3.81. The highest BCUT2D eigenvalue weighted by molar-refractivity contribution is 6.07. The van der Waals surface area contributed by atoms with Crippen LogP contribution in [0, 0.1) is 5.92 Å². The first-order valence-corrected chi connectivity index (χ1v) is 10.7. The van der Waals surface area contributed by atoms with Gasteiger partial charge < -0.3 is 5.32 Å². The third-order valence-electron chi connectivity index (χ3n) is 5.78. The normalized spacial score (nSPS) is 18.6. The molecule has 2 aromatic rings. The highest BCUT2D eigenvalue weighted by Crippen LogP contribution is 2.34. The summed E-state index contributed by atoms with van der Waals surface area (Å²) in [5, 5.41) is 6.25. The number of hydrogen-bond acceptors (Lipinski definition) is 4. The van der Waals surface area contributed by atoms with Gasteiger partial charge in [0.25, 0.3) is 5.92 Å². The zero-order valence-corrected chi connectivity index (χ0v) is 18.7. The number of pyridine rings is 1. The van der Waals surface area contributed by atoms with Crippen LogP contribution in [0.5, 0.6) is 0 Å². The smallest absolute Gasteiger partial charge is 0.328 e. The average molecular weight is 440 g/mol. The number of amidine groups is 1. The quantitative estimate of drug-likeness (QED) is 0.646. The minimum atomic E-state index is -2.95. The lowest BCUT2D eigenvalue weighted by molar-refractivity contribution is 0.0175. The molecular formula is C24H27F2N5O. The Morgan fingerprint density at radius 2 is 2.03 bits per heavy atom. The van der Waals surface area contributed by atoms with Gasteiger partial charge >= 0.3 is 6.03 Å². The number of hydrogen-bond donors (Lipinski definition) is 2. The number of nitrogens with zero attached hydrogens (tertiary/aromatic N) is 3. The molecule has 6 nitrogen and oxygen atoms in total. The molecule has 0 radical (unpaired) electrons. The summed E-state index contributed by atoms with van der Waals surface area (Å²) in [7, 11) is 0. The maximum absolute atomic E-state index is 13.8. The van der Waals surface area contributed by atoms with Gasteiger partial charge in [0.2, 0.25) is 0 Å². The summed E-state index contributed by atoms with van der Waals surface area (Å²) >= 11 is 0. The molecule has 2 aliphatic heterocycles. The fraction of sp³-hybridized carbons (Fsp3) is 0.375. The summed E-state index contributed by atoms with van der Waals surface area (Å²) in [5.41, 5.74) is 3.78. The van der Waals surface area contributed by atoms with E-state index >= 15 is 0 Å². The van der Waals surface area contributed by atoms with Gasteiger partial charge in [0, 0.05) is 43.3 Å². The third kappa shape index (κ3) is 4.49. The molecule has 8 heteroatoms. The second-order valence-corrected chi connectivity index (χ2v) is 8.66. The van der Waals surface area contributed by atoms with E-state index in [1.807, 2.05) is 19.9 Å². The van der Waals surface area contributed by atoms with Gasteiger partial charge in [-0.05, 0) is 43.5 Å². The first kappa shape index (κ1) is 21.9. The number of carbonyl (C=O) groups excluding carboxylic acids is 1. The molecule has 3 heterocycles. The SMILES string of the molecule is CC1=C(C)N=C(NC(=O)N2C[C@H](C)CNc3ccc(-c4cccc(C(C)(F)F)c4)nc32)C1. The molecule has 1 aromatic carbocycles. The Morgan fingerprint density at radius 1 is 1.25 bits per heavy atom. The molecule has 0 saturated heterocycles. The molecular weight excluding hydrogens is 412 g/mol. The van der Waals surface area contributed by atoms with E-state index in [-0.39, 0.29) is 17.5 Å². The zero-order chi connectivity index (χ0) is 23.0. The van der Waals surface area contributed by atoms with E-state index in [9.17, 15) is 13.6 Å². The molecule has 2 N–H and O–H groups in total. The Kier molecular flexibility index (Phi) is 5.71. The van der Waals surface area contributed by atoms with Crippen LogP contribution in [0.4, 0.5) is 25.1 Å². The van der Waals surface area contributed by atoms with Crippen LogP contribution in [0.25, 0.3) is 11.3 Å². The molecule has 0 unspecified atom stereocenters. The minimum absolute atomic E-state index is 0.0782. The van der Waals surface area contributed by atoms with Crippen molar-refractivity contribution < 1.29 is 13.6 Å². The summed E-state index contributed by atoms with van der Waals surface area (Å²) < 4.78 is 27.7. The van der Waals surface area contributed by atoms with Crippen LogP contribution in [0.3, 0.4) is 0 Å². The summed E-state index contributed by atoms with van der Waals surface area (Å²) in [6.07, 6.45) is 0.609. The first-order valence-electron chi connectivity index (χ1n) is 10.7. The predicted molar refractivity (Wildman–Crippen MR) is 123 cm³/mol. The largest absolute Gasteiger partial charge is 0.382 e. The lowest BCUT2D eigenvalue weighted by Gasteiger charge is -2.24. The number of benzene rings is 1. The Bertz CT molecular complexity index is 1120. The van der Waals surface area contributed by atoms with Crippen molar-refractivity contribution in [2.75, 3.05) is 23.3 Å². The topological polar surface area (TPSA) is 69.6 Å². The number of nitrogens with one attached hydrogen (secondary N) is 2. The van der Waals surface area contributed by atoms with E-state index in [0.29, 0.717) is 42.4 Å². The second kappa shape index (κ2) is 8.33. The molecule has 168 valence electrons. The van der Waals surface area contributed by atoms with Gasteiger partial charge in [0.15, 0.2) is 5.82 Å². The van der Waals surface area contributed by atoms with Gasteiger partial charge in [-0.3, -0.25) is 10.2 Å². The van der Waals surface area contributed by atoms with E-state index in [1.54, 1.807) is 23.1 Å². The van der Waals surface area contributed by atoms with Crippen LogP contribution >= 0.6 is 0 Å². The summed E-state index contributed by atoms with van der Waals surface area (Å²) in [6, 6.07) is 9.49. The van der Waals surface area contributed by atoms with Crippen molar-refractivity contribution in [3.8, 4) is 11.3 Å². The van der Waals surface area contributed by atoms with E-state index in [0.717, 1.165) is 23.9 Å². The van der Waals surface area contributed by atoms with Crippen molar-refractivity contribution in [2.45, 2.75) is 40.0 Å². The van der Waals surface area contributed by atoms with Crippen LogP contribution in [-0.4, -0.2) is 29.9 Å². The van der Waals surface area contributed by atoms with Gasteiger partial charge in [-0.25, -0.2) is 23.6 Å². The van der Waals surface area contributed by atoms with Crippen molar-refractivity contribution in [3.63, 3.8) is 0 Å². The van der Waals surface area contributed by atoms with Gasteiger partial charge in [-0.2, -0.15) is 0 Å². The second-order valence-electron chi connectivity index (χ2n) is 8.66. The minimum Gasteiger partial charge on any atom is -0.382 e. The molecule has 0 aliphatic carbocycles. The number of allylic oxidation sites excluding steroid dienone is 1. The lowest BCUT2D eigenvalue weighted by atomic mass is 10.0. The maximum atomic E-state index is 13.8. The highest BCUT2D eigenvalue weighted by Gasteiger charge is 2.28. The third-order valence-corrected chi connectivity index (χ3v) is 5.78. The number of rotatable bonds is 2. The molecule has 32 heavy (non-hydrogen) atoms. The Labute approximate surface area is 186 Å². The number of amides is 2. The van der Waals surface area contributed by atoms with Gasteiger partial charge in [0.1, 0.15) is 5.84 Å². The van der Waals surface area contributed by atoms with Crippen LogP contribution in [0.2, 0.25) is 0 Å². The summed E-state index contributed by atoms with van der Waals surface area (Å²) in [6.45, 7) is 7.99. The molecule has 0 bridgehead atoms. The van der Waals surface area contributed by atoms with Crippen molar-refractivity contribution in [2.24, 2.45) is 10.9 Å². The van der Waals surface area contributed by atoms with E-state index in [2.05, 4.69) is 22.5 Å². The van der Waals surface area contributed by atoms with Gasteiger partial charge in [-0.15, -0.1) is 0 Å². The molecule has 0 fully saturated rings.